The fourth-order valence-electron chi connectivity index (χ4n) is 3.56. The van der Waals surface area contributed by atoms with Crippen LogP contribution in [0.3, 0.4) is 0 Å². The van der Waals surface area contributed by atoms with Crippen molar-refractivity contribution in [2.45, 2.75) is 59.2 Å². The Morgan fingerprint density at radius 2 is 1.60 bits per heavy atom. The predicted molar refractivity (Wildman–Crippen MR) is 134 cm³/mol. The molecule has 0 saturated heterocycles. The summed E-state index contributed by atoms with van der Waals surface area (Å²) >= 11 is 0. The number of aliphatic hydroxyl groups excluding tert-OH is 1. The van der Waals surface area contributed by atoms with Crippen molar-refractivity contribution < 1.29 is 24.2 Å². The van der Waals surface area contributed by atoms with Crippen molar-refractivity contribution in [3.8, 4) is 12.5 Å². The zero-order valence-corrected chi connectivity index (χ0v) is 21.0. The van der Waals surface area contributed by atoms with Gasteiger partial charge in [-0.25, -0.2) is 4.79 Å². The number of carbonyl (C=O) groups excluding carboxylic acids is 3. The molecule has 0 aliphatic rings. The molecule has 0 bridgehead atoms. The van der Waals surface area contributed by atoms with Crippen molar-refractivity contribution in [1.82, 2.24) is 10.2 Å². The monoisotopic (exact) mass is 479 g/mol. The smallest absolute Gasteiger partial charge is 0.408 e. The number of aliphatic hydroxyl groups is 1. The summed E-state index contributed by atoms with van der Waals surface area (Å²) in [5, 5.41) is 15.1. The molecule has 0 aliphatic carbocycles. The number of rotatable bonds is 7. The van der Waals surface area contributed by atoms with Crippen LogP contribution in [-0.2, 0) is 14.3 Å². The molecule has 2 aromatic carbocycles. The molecule has 0 heterocycles. The van der Waals surface area contributed by atoms with E-state index in [2.05, 4.69) is 16.7 Å². The Kier molecular flexibility index (Phi) is 9.04. The van der Waals surface area contributed by atoms with Crippen molar-refractivity contribution >= 4 is 23.6 Å². The second kappa shape index (κ2) is 11.5. The van der Waals surface area contributed by atoms with Gasteiger partial charge in [-0.1, -0.05) is 48.9 Å². The number of para-hydroxylation sites is 1. The van der Waals surface area contributed by atoms with E-state index in [9.17, 15) is 19.5 Å². The first-order valence-corrected chi connectivity index (χ1v) is 11.2. The van der Waals surface area contributed by atoms with Crippen molar-refractivity contribution in [1.29, 1.82) is 0 Å². The number of carbonyl (C=O) groups is 3. The van der Waals surface area contributed by atoms with Crippen molar-refractivity contribution in [2.75, 3.05) is 11.9 Å². The van der Waals surface area contributed by atoms with Crippen LogP contribution in [0.4, 0.5) is 10.5 Å². The van der Waals surface area contributed by atoms with E-state index in [1.165, 1.54) is 0 Å². The highest BCUT2D eigenvalue weighted by molar-refractivity contribution is 6.00. The lowest BCUT2D eigenvalue weighted by atomic mass is 9.98. The standard InChI is InChI=1S/C27H33N3O5/c1-8-30(25(33)21(16-31)28-26(34)35-27(5,6)7)23(20-15-10-9-12-17(20)2)24(32)29-22-18(3)13-11-14-19(22)4/h1,9-15,21,23,31H,16H2,2-7H3,(H,28,34)(H,29,32). The van der Waals surface area contributed by atoms with Crippen LogP contribution in [-0.4, -0.2) is 46.2 Å². The van der Waals surface area contributed by atoms with E-state index in [1.807, 2.05) is 38.1 Å². The lowest BCUT2D eigenvalue weighted by Gasteiger charge is -2.30. The number of aryl methyl sites for hydroxylation is 3. The molecule has 0 spiro atoms. The zero-order valence-electron chi connectivity index (χ0n) is 21.0. The van der Waals surface area contributed by atoms with Gasteiger partial charge in [0.25, 0.3) is 11.8 Å². The van der Waals surface area contributed by atoms with Gasteiger partial charge in [0.1, 0.15) is 17.7 Å². The van der Waals surface area contributed by atoms with Crippen molar-refractivity contribution in [3.63, 3.8) is 0 Å². The molecular weight excluding hydrogens is 446 g/mol. The van der Waals surface area contributed by atoms with Gasteiger partial charge in [-0.3, -0.25) is 14.5 Å². The average Bonchev–Trinajstić information content (AvgIpc) is 2.77. The molecule has 186 valence electrons. The maximum Gasteiger partial charge on any atom is 0.408 e. The second-order valence-corrected chi connectivity index (χ2v) is 9.23. The molecule has 8 heteroatoms. The number of hydrogen-bond acceptors (Lipinski definition) is 5. The summed E-state index contributed by atoms with van der Waals surface area (Å²) in [6, 6.07) is 12.3. The van der Waals surface area contributed by atoms with Gasteiger partial charge in [0.05, 0.1) is 6.61 Å². The van der Waals surface area contributed by atoms with E-state index in [0.717, 1.165) is 21.6 Å². The number of anilines is 1. The maximum absolute atomic E-state index is 13.6. The van der Waals surface area contributed by atoms with E-state index >= 15 is 0 Å². The van der Waals surface area contributed by atoms with Gasteiger partial charge >= 0.3 is 6.09 Å². The fourth-order valence-corrected chi connectivity index (χ4v) is 3.56. The number of ether oxygens (including phenoxy) is 1. The van der Waals surface area contributed by atoms with Gasteiger partial charge in [-0.15, -0.1) is 0 Å². The predicted octanol–water partition coefficient (Wildman–Crippen LogP) is 3.60. The number of amides is 3. The number of benzene rings is 2. The van der Waals surface area contributed by atoms with Crippen LogP contribution in [0.1, 0.15) is 49.1 Å². The number of nitrogens with one attached hydrogen (secondary N) is 2. The Morgan fingerprint density at radius 3 is 2.11 bits per heavy atom. The highest BCUT2D eigenvalue weighted by Crippen LogP contribution is 2.28. The van der Waals surface area contributed by atoms with Gasteiger partial charge in [-0.05, 0) is 63.8 Å². The van der Waals surface area contributed by atoms with Crippen LogP contribution in [0, 0.1) is 33.2 Å². The molecule has 0 fully saturated rings. The molecule has 0 radical (unpaired) electrons. The normalized spacial score (nSPS) is 12.6. The number of hydrogen-bond donors (Lipinski definition) is 3. The van der Waals surface area contributed by atoms with Crippen LogP contribution in [0.15, 0.2) is 42.5 Å². The maximum atomic E-state index is 13.6. The quantitative estimate of drug-likeness (QED) is 0.415. The van der Waals surface area contributed by atoms with Gasteiger partial charge in [0, 0.05) is 11.7 Å². The summed E-state index contributed by atoms with van der Waals surface area (Å²) in [6.45, 7) is 9.79. The SMILES string of the molecule is C#CN(C(=O)C(CO)NC(=O)OC(C)(C)C)C(C(=O)Nc1c(C)cccc1C)c1ccccc1C. The third kappa shape index (κ3) is 7.08. The lowest BCUT2D eigenvalue weighted by Crippen LogP contribution is -2.52. The molecule has 0 saturated carbocycles. The first-order chi connectivity index (χ1) is 16.4. The average molecular weight is 480 g/mol. The molecular formula is C27H33N3O5. The van der Waals surface area contributed by atoms with E-state index in [1.54, 1.807) is 45.9 Å². The van der Waals surface area contributed by atoms with Gasteiger partial charge in [0.15, 0.2) is 0 Å². The van der Waals surface area contributed by atoms with Crippen LogP contribution >= 0.6 is 0 Å². The highest BCUT2D eigenvalue weighted by Gasteiger charge is 2.36. The summed E-state index contributed by atoms with van der Waals surface area (Å²) in [6.07, 6.45) is 4.83. The fraction of sp³-hybridized carbons (Fsp3) is 0.370. The van der Waals surface area contributed by atoms with Gasteiger partial charge < -0.3 is 20.5 Å². The highest BCUT2D eigenvalue weighted by atomic mass is 16.6. The molecule has 35 heavy (non-hydrogen) atoms. The van der Waals surface area contributed by atoms with E-state index < -0.39 is 42.2 Å². The largest absolute Gasteiger partial charge is 0.444 e. The Balaban J connectivity index is 2.46. The zero-order chi connectivity index (χ0) is 26.3. The first-order valence-electron chi connectivity index (χ1n) is 11.2. The Labute approximate surface area is 206 Å². The Hall–Kier alpha value is -3.83. The molecule has 2 unspecified atom stereocenters. The van der Waals surface area contributed by atoms with Crippen LogP contribution in [0.25, 0.3) is 0 Å². The summed E-state index contributed by atoms with van der Waals surface area (Å²) in [5.74, 6) is -1.36. The van der Waals surface area contributed by atoms with Crippen LogP contribution < -0.4 is 10.6 Å². The van der Waals surface area contributed by atoms with E-state index in [4.69, 9.17) is 11.2 Å². The molecule has 2 atom stereocenters. The lowest BCUT2D eigenvalue weighted by molar-refractivity contribution is -0.137. The minimum atomic E-state index is -1.42. The Morgan fingerprint density at radius 1 is 1.03 bits per heavy atom. The summed E-state index contributed by atoms with van der Waals surface area (Å²) in [4.78, 5) is 40.2. The van der Waals surface area contributed by atoms with Crippen molar-refractivity contribution in [3.05, 3.63) is 64.7 Å². The second-order valence-electron chi connectivity index (χ2n) is 9.23. The van der Waals surface area contributed by atoms with E-state index in [-0.39, 0.29) is 0 Å². The van der Waals surface area contributed by atoms with Crippen LogP contribution in [0.5, 0.6) is 0 Å². The Bertz CT molecular complexity index is 1110. The summed E-state index contributed by atoms with van der Waals surface area (Å²) in [7, 11) is 0. The van der Waals surface area contributed by atoms with Gasteiger partial charge in [-0.2, -0.15) is 0 Å². The third-order valence-electron chi connectivity index (χ3n) is 5.27. The minimum absolute atomic E-state index is 0.511. The topological polar surface area (TPSA) is 108 Å². The first kappa shape index (κ1) is 27.4. The number of nitrogens with zero attached hydrogens (tertiary/aromatic N) is 1. The number of alkyl carbamates (subject to hydrolysis) is 1. The molecule has 0 aliphatic heterocycles. The molecule has 3 N–H and O–H groups in total. The van der Waals surface area contributed by atoms with Crippen LogP contribution in [0.2, 0.25) is 0 Å². The summed E-state index contributed by atoms with van der Waals surface area (Å²) in [5.41, 5.74) is 2.75. The molecule has 8 nitrogen and oxygen atoms in total. The minimum Gasteiger partial charge on any atom is -0.444 e. The number of terminal acetylenes is 1. The molecule has 2 aromatic rings. The molecule has 2 rings (SSSR count). The third-order valence-corrected chi connectivity index (χ3v) is 5.27. The summed E-state index contributed by atoms with van der Waals surface area (Å²) < 4.78 is 5.19. The molecule has 3 amide bonds. The van der Waals surface area contributed by atoms with Crippen molar-refractivity contribution in [2.24, 2.45) is 0 Å². The van der Waals surface area contributed by atoms with E-state index in [0.29, 0.717) is 11.3 Å². The molecule has 0 aromatic heterocycles. The van der Waals surface area contributed by atoms with Gasteiger partial charge in [0.2, 0.25) is 0 Å².